The monoisotopic (exact) mass is 528 g/mol. The molecule has 0 unspecified atom stereocenters. The van der Waals surface area contributed by atoms with Gasteiger partial charge in [0, 0.05) is 41.7 Å². The maximum absolute atomic E-state index is 13.2. The number of hydrogen-bond donors (Lipinski definition) is 3. The first-order valence-corrected chi connectivity index (χ1v) is 12.8. The van der Waals surface area contributed by atoms with Crippen LogP contribution in [0.1, 0.15) is 54.4 Å². The van der Waals surface area contributed by atoms with Crippen molar-refractivity contribution < 1.29 is 33.8 Å². The zero-order valence-corrected chi connectivity index (χ0v) is 23.2. The van der Waals surface area contributed by atoms with Gasteiger partial charge in [0.05, 0.1) is 17.9 Å². The molecular weight excluding hydrogens is 488 g/mol. The fourth-order valence-corrected chi connectivity index (χ4v) is 4.79. The summed E-state index contributed by atoms with van der Waals surface area (Å²) in [5.41, 5.74) is 6.96. The summed E-state index contributed by atoms with van der Waals surface area (Å²) in [5, 5.41) is 13.7. The highest BCUT2D eigenvalue weighted by Crippen LogP contribution is 2.29. The van der Waals surface area contributed by atoms with Gasteiger partial charge in [-0.3, -0.25) is 14.4 Å². The number of allylic oxidation sites excluding steroid dienone is 5. The lowest BCUT2D eigenvalue weighted by Gasteiger charge is -2.29. The van der Waals surface area contributed by atoms with Crippen molar-refractivity contribution in [3.63, 3.8) is 0 Å². The number of carbonyl (C=O) groups is 4. The third-order valence-electron chi connectivity index (χ3n) is 7.09. The first-order chi connectivity index (χ1) is 17.8. The molecule has 0 aromatic rings. The van der Waals surface area contributed by atoms with Crippen molar-refractivity contribution in [1.29, 1.82) is 0 Å². The molecule has 0 saturated heterocycles. The summed E-state index contributed by atoms with van der Waals surface area (Å²) in [7, 11) is 1.51. The van der Waals surface area contributed by atoms with Crippen molar-refractivity contribution in [2.45, 2.75) is 72.7 Å². The third-order valence-corrected chi connectivity index (χ3v) is 7.09. The molecule has 0 aromatic heterocycles. The van der Waals surface area contributed by atoms with E-state index in [1.807, 2.05) is 26.8 Å². The molecule has 6 atom stereocenters. The standard InChI is InChI=1S/C29H40N2O7/c1-15-11-21-20(6)23(32)14-22(26(21)34)31-28(35)17(3)10-8-9-16(2)27(38-29(30)36)19(5)13-18(4)25(33)24(12-15)37-7/h8-10,13-16,18,24-25,27,33H,11-12H2,1-7H3,(H2,30,36)(H,31,35)/b9-8-,17-10+,19-13+/t15-,16+,18+,24+,25-,27-/m1/s1. The van der Waals surface area contributed by atoms with Crippen LogP contribution in [0.25, 0.3) is 0 Å². The lowest BCUT2D eigenvalue weighted by Crippen LogP contribution is -2.36. The molecule has 1 aliphatic heterocycles. The fourth-order valence-electron chi connectivity index (χ4n) is 4.79. The molecule has 0 fully saturated rings. The normalized spacial score (nSPS) is 33.9. The molecule has 0 saturated carbocycles. The fraction of sp³-hybridized carbons (Fsp3) is 0.517. The minimum absolute atomic E-state index is 0.0671. The van der Waals surface area contributed by atoms with Crippen LogP contribution >= 0.6 is 0 Å². The van der Waals surface area contributed by atoms with Gasteiger partial charge < -0.3 is 25.6 Å². The summed E-state index contributed by atoms with van der Waals surface area (Å²) in [5.74, 6) is -2.04. The van der Waals surface area contributed by atoms with E-state index >= 15 is 0 Å². The maximum Gasteiger partial charge on any atom is 0.405 e. The highest BCUT2D eigenvalue weighted by atomic mass is 16.6. The van der Waals surface area contributed by atoms with Crippen molar-refractivity contribution in [1.82, 2.24) is 5.32 Å². The van der Waals surface area contributed by atoms with Gasteiger partial charge in [-0.15, -0.1) is 0 Å². The van der Waals surface area contributed by atoms with Crippen molar-refractivity contribution in [2.75, 3.05) is 7.11 Å². The highest BCUT2D eigenvalue weighted by Gasteiger charge is 2.31. The lowest BCUT2D eigenvalue weighted by atomic mass is 9.84. The number of methoxy groups -OCH3 is 1. The molecule has 0 radical (unpaired) electrons. The molecule has 1 aliphatic carbocycles. The summed E-state index contributed by atoms with van der Waals surface area (Å²) in [6.45, 7) is 10.6. The van der Waals surface area contributed by atoms with E-state index in [4.69, 9.17) is 15.2 Å². The number of nitrogens with two attached hydrogens (primary N) is 1. The second kappa shape index (κ2) is 13.5. The van der Waals surface area contributed by atoms with Crippen LogP contribution in [0.3, 0.4) is 0 Å². The maximum atomic E-state index is 13.2. The van der Waals surface area contributed by atoms with Crippen LogP contribution in [0.15, 0.2) is 58.4 Å². The Bertz CT molecular complexity index is 1110. The topological polar surface area (TPSA) is 145 Å². The van der Waals surface area contributed by atoms with E-state index in [1.165, 1.54) is 7.11 Å². The average Bonchev–Trinajstić information content (AvgIpc) is 2.85. The van der Waals surface area contributed by atoms with Crippen LogP contribution in [0.5, 0.6) is 0 Å². The van der Waals surface area contributed by atoms with Crippen LogP contribution in [0.2, 0.25) is 0 Å². The molecule has 0 spiro atoms. The number of nitrogens with one attached hydrogen (secondary N) is 1. The highest BCUT2D eigenvalue weighted by molar-refractivity contribution is 6.23. The number of amides is 2. The molecule has 38 heavy (non-hydrogen) atoms. The minimum Gasteiger partial charge on any atom is -0.441 e. The Kier molecular flexibility index (Phi) is 11.0. The van der Waals surface area contributed by atoms with Crippen LogP contribution in [0.4, 0.5) is 4.79 Å². The van der Waals surface area contributed by atoms with Crippen molar-refractivity contribution in [2.24, 2.45) is 23.5 Å². The quantitative estimate of drug-likeness (QED) is 0.368. The largest absolute Gasteiger partial charge is 0.441 e. The summed E-state index contributed by atoms with van der Waals surface area (Å²) < 4.78 is 11.0. The Hall–Kier alpha value is -3.30. The summed E-state index contributed by atoms with van der Waals surface area (Å²) in [6, 6.07) is 0. The van der Waals surface area contributed by atoms with Crippen LogP contribution in [0, 0.1) is 17.8 Å². The van der Waals surface area contributed by atoms with Crippen molar-refractivity contribution >= 4 is 23.6 Å². The molecule has 2 bridgehead atoms. The summed E-state index contributed by atoms with van der Waals surface area (Å²) >= 11 is 0. The van der Waals surface area contributed by atoms with E-state index in [9.17, 15) is 24.3 Å². The van der Waals surface area contributed by atoms with Gasteiger partial charge in [-0.05, 0) is 45.1 Å². The number of Topliss-reactive ketones (excluding diaryl/α,β-unsaturated/α-hetero) is 1. The third kappa shape index (κ3) is 7.85. The second-order valence-electron chi connectivity index (χ2n) is 10.3. The minimum atomic E-state index is -0.924. The number of aliphatic hydroxyl groups is 1. The van der Waals surface area contributed by atoms with Gasteiger partial charge in [0.15, 0.2) is 5.78 Å². The van der Waals surface area contributed by atoms with Gasteiger partial charge in [0.1, 0.15) is 6.10 Å². The lowest BCUT2D eigenvalue weighted by molar-refractivity contribution is -0.120. The number of primary amides is 1. The molecule has 4 N–H and O–H groups in total. The Labute approximate surface area is 224 Å². The predicted molar refractivity (Wildman–Crippen MR) is 144 cm³/mol. The number of ketones is 2. The number of ether oxygens (including phenoxy) is 2. The van der Waals surface area contributed by atoms with Gasteiger partial charge in [0.25, 0.3) is 5.91 Å². The molecule has 2 rings (SSSR count). The number of hydrogen-bond acceptors (Lipinski definition) is 7. The molecular formula is C29H40N2O7. The van der Waals surface area contributed by atoms with E-state index < -0.39 is 36.1 Å². The molecule has 2 aliphatic rings. The summed E-state index contributed by atoms with van der Waals surface area (Å²) in [4.78, 5) is 50.2. The first-order valence-electron chi connectivity index (χ1n) is 12.8. The van der Waals surface area contributed by atoms with Gasteiger partial charge in [-0.2, -0.15) is 0 Å². The Balaban J connectivity index is 2.54. The number of rotatable bonds is 2. The zero-order valence-electron chi connectivity index (χ0n) is 23.2. The summed E-state index contributed by atoms with van der Waals surface area (Å²) in [6.07, 6.45) is 5.59. The van der Waals surface area contributed by atoms with Crippen LogP contribution < -0.4 is 11.1 Å². The Morgan fingerprint density at radius 1 is 1.11 bits per heavy atom. The van der Waals surface area contributed by atoms with E-state index in [0.29, 0.717) is 28.7 Å². The van der Waals surface area contributed by atoms with Gasteiger partial charge in [-0.1, -0.05) is 45.1 Å². The van der Waals surface area contributed by atoms with Gasteiger partial charge in [-0.25, -0.2) is 4.79 Å². The smallest absolute Gasteiger partial charge is 0.405 e. The molecule has 0 aromatic carbocycles. The number of aliphatic hydroxyl groups excluding tert-OH is 1. The first kappa shape index (κ1) is 30.9. The average molecular weight is 529 g/mol. The molecule has 9 heteroatoms. The predicted octanol–water partition coefficient (Wildman–Crippen LogP) is 3.45. The molecule has 208 valence electrons. The zero-order chi connectivity index (χ0) is 28.7. The van der Waals surface area contributed by atoms with Crippen LogP contribution in [-0.4, -0.2) is 54.1 Å². The van der Waals surface area contributed by atoms with E-state index in [2.05, 4.69) is 5.32 Å². The number of fused-ring (bicyclic) bond motifs is 2. The van der Waals surface area contributed by atoms with E-state index in [-0.39, 0.29) is 35.7 Å². The Morgan fingerprint density at radius 3 is 2.37 bits per heavy atom. The second-order valence-corrected chi connectivity index (χ2v) is 10.3. The van der Waals surface area contributed by atoms with E-state index in [1.54, 1.807) is 39.0 Å². The molecule has 9 nitrogen and oxygen atoms in total. The number of carbonyl (C=O) groups excluding carboxylic acids is 4. The van der Waals surface area contributed by atoms with Gasteiger partial charge >= 0.3 is 6.09 Å². The SMILES string of the molecule is CO[C@H]1C[C@H](C)CC2=C(C)C(=O)C=C(NC(=O)/C(C)=C/C=C\[C@H](C)[C@@H](OC(N)=O)/C(C)=C/[C@H](C)[C@H]1O)C2=O. The molecule has 2 amide bonds. The Morgan fingerprint density at radius 2 is 1.76 bits per heavy atom. The van der Waals surface area contributed by atoms with Crippen LogP contribution in [-0.2, 0) is 23.9 Å². The molecule has 1 heterocycles. The van der Waals surface area contributed by atoms with Crippen molar-refractivity contribution in [3.05, 3.63) is 58.4 Å². The van der Waals surface area contributed by atoms with Gasteiger partial charge in [0.2, 0.25) is 5.78 Å². The van der Waals surface area contributed by atoms with E-state index in [0.717, 1.165) is 6.08 Å². The van der Waals surface area contributed by atoms with Crippen molar-refractivity contribution in [3.8, 4) is 0 Å².